The number of carbonyl (C=O) groups excluding carboxylic acids is 1. The van der Waals surface area contributed by atoms with E-state index in [1.807, 2.05) is 0 Å². The third-order valence-corrected chi connectivity index (χ3v) is 19.3. The Morgan fingerprint density at radius 1 is 0.444 bits per heavy atom. The molecule has 0 N–H and O–H groups in total. The number of hydrogen-bond donors (Lipinski definition) is 0. The fourth-order valence-corrected chi connectivity index (χ4v) is 15.6. The fraction of sp³-hybridized carbons (Fsp3) is 0.960. The predicted molar refractivity (Wildman–Crippen MR) is 127 cm³/mol. The Morgan fingerprint density at radius 3 is 0.963 bits per heavy atom. The molecule has 162 valence electrons. The van der Waals surface area contributed by atoms with Gasteiger partial charge in [-0.3, -0.25) is 0 Å². The summed E-state index contributed by atoms with van der Waals surface area (Å²) in [6.45, 7) is 6.86. The van der Waals surface area contributed by atoms with Crippen LogP contribution in [0.1, 0.15) is 136 Å². The molecular formula is C25H52OSn. The van der Waals surface area contributed by atoms with Crippen LogP contribution in [0.5, 0.6) is 0 Å². The van der Waals surface area contributed by atoms with Crippen molar-refractivity contribution in [3.63, 3.8) is 0 Å². The number of rotatable bonds is 22. The van der Waals surface area contributed by atoms with Gasteiger partial charge in [-0.1, -0.05) is 0 Å². The normalized spacial score (nSPS) is 11.8. The molecule has 0 spiro atoms. The Bertz CT molecular complexity index is 262. The average molecular weight is 487 g/mol. The topological polar surface area (TPSA) is 17.1 Å². The van der Waals surface area contributed by atoms with Crippen LogP contribution in [-0.2, 0) is 4.79 Å². The molecule has 0 aliphatic heterocycles. The molecule has 0 amide bonds. The van der Waals surface area contributed by atoms with Gasteiger partial charge >= 0.3 is 177 Å². The van der Waals surface area contributed by atoms with Crippen molar-refractivity contribution in [3.8, 4) is 0 Å². The molecule has 0 heterocycles. The first-order valence-electron chi connectivity index (χ1n) is 12.7. The van der Waals surface area contributed by atoms with Crippen molar-refractivity contribution in [3.05, 3.63) is 0 Å². The Morgan fingerprint density at radius 2 is 0.704 bits per heavy atom. The Kier molecular flexibility index (Phi) is 21.6. The van der Waals surface area contributed by atoms with Crippen molar-refractivity contribution in [2.24, 2.45) is 0 Å². The summed E-state index contributed by atoms with van der Waals surface area (Å²) in [4.78, 5) is 12.2. The molecule has 0 aromatic carbocycles. The van der Waals surface area contributed by atoms with Gasteiger partial charge in [0.1, 0.15) is 0 Å². The van der Waals surface area contributed by atoms with Crippen molar-refractivity contribution in [1.82, 2.24) is 0 Å². The van der Waals surface area contributed by atoms with Crippen LogP contribution in [0.4, 0.5) is 0 Å². The zero-order valence-electron chi connectivity index (χ0n) is 19.3. The van der Waals surface area contributed by atoms with Crippen LogP contribution in [-0.4, -0.2) is 22.7 Å². The third-order valence-electron chi connectivity index (χ3n) is 6.33. The second kappa shape index (κ2) is 21.2. The van der Waals surface area contributed by atoms with Gasteiger partial charge in [-0.05, 0) is 0 Å². The predicted octanol–water partition coefficient (Wildman–Crippen LogP) is 9.29. The van der Waals surface area contributed by atoms with Crippen molar-refractivity contribution >= 4 is 22.7 Å². The van der Waals surface area contributed by atoms with Gasteiger partial charge < -0.3 is 0 Å². The van der Waals surface area contributed by atoms with Crippen LogP contribution in [0.25, 0.3) is 0 Å². The van der Waals surface area contributed by atoms with Gasteiger partial charge in [0.2, 0.25) is 0 Å². The average Bonchev–Trinajstić information content (AvgIpc) is 2.69. The van der Waals surface area contributed by atoms with Gasteiger partial charge in [-0.15, -0.1) is 0 Å². The third kappa shape index (κ3) is 17.1. The second-order valence-corrected chi connectivity index (χ2v) is 21.8. The monoisotopic (exact) mass is 488 g/mol. The SMILES string of the molecule is CCCCCCC[CH2][Sn]([CH]=O)([CH2]CCCCCCC)[CH2]CCCCCCC. The van der Waals surface area contributed by atoms with Crippen LogP contribution in [0.3, 0.4) is 0 Å². The molecule has 0 unspecified atom stereocenters. The van der Waals surface area contributed by atoms with E-state index in [1.54, 1.807) is 4.30 Å². The van der Waals surface area contributed by atoms with Gasteiger partial charge in [0.15, 0.2) is 0 Å². The molecule has 0 aliphatic carbocycles. The molecule has 0 bridgehead atoms. The summed E-state index contributed by atoms with van der Waals surface area (Å²) in [7, 11) is 0. The zero-order chi connectivity index (χ0) is 20.1. The Labute approximate surface area is 176 Å². The van der Waals surface area contributed by atoms with Crippen LogP contribution in [0.15, 0.2) is 0 Å². The first-order valence-corrected chi connectivity index (χ1v) is 20.4. The van der Waals surface area contributed by atoms with Crippen LogP contribution >= 0.6 is 0 Å². The maximum absolute atomic E-state index is 12.2. The van der Waals surface area contributed by atoms with Crippen LogP contribution in [0, 0.1) is 0 Å². The zero-order valence-corrected chi connectivity index (χ0v) is 22.2. The van der Waals surface area contributed by atoms with E-state index in [1.165, 1.54) is 129 Å². The van der Waals surface area contributed by atoms with E-state index in [0.717, 1.165) is 0 Å². The summed E-state index contributed by atoms with van der Waals surface area (Å²) in [5.41, 5.74) is 0. The molecule has 0 fully saturated rings. The molecule has 0 saturated carbocycles. The molecule has 0 radical (unpaired) electrons. The molecule has 2 heteroatoms. The molecule has 27 heavy (non-hydrogen) atoms. The standard InChI is InChI=1S/3C8H17.CHO.Sn/c3*1-3-5-7-8-6-4-2;1-2;/h3*1,3-8H2,2H3;1H;. The van der Waals surface area contributed by atoms with E-state index >= 15 is 0 Å². The summed E-state index contributed by atoms with van der Waals surface area (Å²) >= 11 is -2.50. The summed E-state index contributed by atoms with van der Waals surface area (Å²) in [5, 5.41) is 0. The van der Waals surface area contributed by atoms with E-state index in [9.17, 15) is 4.79 Å². The molecular weight excluding hydrogens is 435 g/mol. The maximum atomic E-state index is 12.2. The van der Waals surface area contributed by atoms with Gasteiger partial charge in [0.25, 0.3) is 0 Å². The van der Waals surface area contributed by atoms with E-state index in [0.29, 0.717) is 0 Å². The summed E-state index contributed by atoms with van der Waals surface area (Å²) < 4.78 is 5.65. The van der Waals surface area contributed by atoms with Gasteiger partial charge in [0, 0.05) is 0 Å². The number of hydrogen-bond acceptors (Lipinski definition) is 1. The van der Waals surface area contributed by atoms with Crippen molar-refractivity contribution in [1.29, 1.82) is 0 Å². The second-order valence-electron chi connectivity index (χ2n) is 9.03. The Balaban J connectivity index is 4.25. The minimum atomic E-state index is -2.50. The first kappa shape index (κ1) is 27.5. The van der Waals surface area contributed by atoms with Crippen molar-refractivity contribution < 1.29 is 4.79 Å². The van der Waals surface area contributed by atoms with E-state index < -0.39 is 18.4 Å². The van der Waals surface area contributed by atoms with Gasteiger partial charge in [0.05, 0.1) is 0 Å². The van der Waals surface area contributed by atoms with Crippen molar-refractivity contribution in [2.45, 2.75) is 150 Å². The van der Waals surface area contributed by atoms with Crippen molar-refractivity contribution in [2.75, 3.05) is 0 Å². The van der Waals surface area contributed by atoms with E-state index in [2.05, 4.69) is 20.8 Å². The molecule has 0 atom stereocenters. The molecule has 0 aromatic heterocycles. The molecule has 0 aliphatic rings. The van der Waals surface area contributed by atoms with Crippen LogP contribution < -0.4 is 0 Å². The molecule has 0 saturated heterocycles. The molecule has 1 nitrogen and oxygen atoms in total. The summed E-state index contributed by atoms with van der Waals surface area (Å²) in [6, 6.07) is 0. The minimum absolute atomic E-state index is 1.33. The van der Waals surface area contributed by atoms with Gasteiger partial charge in [-0.2, -0.15) is 0 Å². The van der Waals surface area contributed by atoms with Crippen LogP contribution in [0.2, 0.25) is 13.3 Å². The quantitative estimate of drug-likeness (QED) is 0.0845. The van der Waals surface area contributed by atoms with E-state index in [4.69, 9.17) is 0 Å². The first-order chi connectivity index (χ1) is 13.2. The van der Waals surface area contributed by atoms with E-state index in [-0.39, 0.29) is 0 Å². The number of unbranched alkanes of at least 4 members (excludes halogenated alkanes) is 15. The van der Waals surface area contributed by atoms with Gasteiger partial charge in [-0.25, -0.2) is 0 Å². The Hall–Kier alpha value is 0.469. The number of carbonyl (C=O) groups is 1. The fourth-order valence-electron chi connectivity index (χ4n) is 4.32. The molecule has 0 rings (SSSR count). The summed E-state index contributed by atoms with van der Waals surface area (Å²) in [5.74, 6) is 0. The summed E-state index contributed by atoms with van der Waals surface area (Å²) in [6.07, 6.45) is 24.7. The molecule has 0 aromatic rings.